The fourth-order valence-corrected chi connectivity index (χ4v) is 3.02. The molecule has 0 aliphatic heterocycles. The van der Waals surface area contributed by atoms with Crippen LogP contribution in [0.3, 0.4) is 0 Å². The summed E-state index contributed by atoms with van der Waals surface area (Å²) in [4.78, 5) is 35.6. The van der Waals surface area contributed by atoms with Gasteiger partial charge < -0.3 is 15.8 Å². The number of nitrogens with one attached hydrogen (secondary N) is 1. The van der Waals surface area contributed by atoms with Crippen LogP contribution in [-0.4, -0.2) is 30.1 Å². The van der Waals surface area contributed by atoms with Crippen molar-refractivity contribution in [1.82, 2.24) is 0 Å². The quantitative estimate of drug-likeness (QED) is 0.575. The average Bonchev–Trinajstić information content (AvgIpc) is 2.61. The van der Waals surface area contributed by atoms with E-state index in [1.54, 1.807) is 12.1 Å². The van der Waals surface area contributed by atoms with E-state index in [1.807, 2.05) is 32.0 Å². The van der Waals surface area contributed by atoms with E-state index in [1.165, 1.54) is 23.9 Å². The van der Waals surface area contributed by atoms with Crippen LogP contribution in [0.5, 0.6) is 0 Å². The van der Waals surface area contributed by atoms with Crippen LogP contribution in [0.25, 0.3) is 0 Å². The Morgan fingerprint density at radius 3 is 2.42 bits per heavy atom. The minimum atomic E-state index is -0.543. The number of hydrogen-bond donors (Lipinski definition) is 2. The first kappa shape index (κ1) is 19.5. The number of aryl methyl sites for hydroxylation is 2. The van der Waals surface area contributed by atoms with Gasteiger partial charge in [-0.1, -0.05) is 17.7 Å². The first-order chi connectivity index (χ1) is 12.3. The standard InChI is InChI=1S/C19H20N2O4S/c1-12-3-4-13(2)16(9-12)26-11-18(23)25-10-17(22)21-15-7-5-14(6-8-15)19(20)24/h3-9H,10-11H2,1-2H3,(H2,20,24)(H,21,22). The van der Waals surface area contributed by atoms with Gasteiger partial charge in [-0.2, -0.15) is 0 Å². The molecule has 0 saturated carbocycles. The molecular formula is C19H20N2O4S. The second kappa shape index (κ2) is 9.05. The zero-order valence-corrected chi connectivity index (χ0v) is 15.4. The fraction of sp³-hybridized carbons (Fsp3) is 0.211. The topological polar surface area (TPSA) is 98.5 Å². The molecule has 26 heavy (non-hydrogen) atoms. The molecule has 7 heteroatoms. The summed E-state index contributed by atoms with van der Waals surface area (Å²) in [6.45, 7) is 3.59. The molecule has 0 atom stereocenters. The lowest BCUT2D eigenvalue weighted by atomic mass is 10.2. The molecule has 0 saturated heterocycles. The summed E-state index contributed by atoms with van der Waals surface area (Å²) in [6, 6.07) is 12.1. The lowest BCUT2D eigenvalue weighted by Crippen LogP contribution is -2.21. The number of esters is 1. The van der Waals surface area contributed by atoms with Crippen molar-refractivity contribution >= 4 is 35.2 Å². The molecule has 0 spiro atoms. The van der Waals surface area contributed by atoms with Crippen molar-refractivity contribution in [2.45, 2.75) is 18.7 Å². The normalized spacial score (nSPS) is 10.2. The fourth-order valence-electron chi connectivity index (χ4n) is 2.10. The maximum atomic E-state index is 11.8. The second-order valence-corrected chi connectivity index (χ2v) is 6.73. The Kier molecular flexibility index (Phi) is 6.80. The lowest BCUT2D eigenvalue weighted by molar-refractivity contribution is -0.144. The highest BCUT2D eigenvalue weighted by Gasteiger charge is 2.10. The van der Waals surface area contributed by atoms with Crippen LogP contribution in [0.15, 0.2) is 47.4 Å². The summed E-state index contributed by atoms with van der Waals surface area (Å²) < 4.78 is 4.98. The van der Waals surface area contributed by atoms with Gasteiger partial charge in [-0.05, 0) is 49.7 Å². The number of carbonyl (C=O) groups is 3. The molecule has 0 aliphatic carbocycles. The summed E-state index contributed by atoms with van der Waals surface area (Å²) in [7, 11) is 0. The van der Waals surface area contributed by atoms with E-state index >= 15 is 0 Å². The number of rotatable bonds is 7. The Labute approximate surface area is 156 Å². The van der Waals surface area contributed by atoms with E-state index in [4.69, 9.17) is 10.5 Å². The Morgan fingerprint density at radius 2 is 1.77 bits per heavy atom. The van der Waals surface area contributed by atoms with E-state index in [0.29, 0.717) is 11.3 Å². The van der Waals surface area contributed by atoms with E-state index in [2.05, 4.69) is 5.32 Å². The van der Waals surface area contributed by atoms with Gasteiger partial charge in [0.15, 0.2) is 6.61 Å². The largest absolute Gasteiger partial charge is 0.455 e. The Balaban J connectivity index is 1.76. The van der Waals surface area contributed by atoms with Gasteiger partial charge in [0.05, 0.1) is 5.75 Å². The van der Waals surface area contributed by atoms with Gasteiger partial charge in [-0.3, -0.25) is 14.4 Å². The summed E-state index contributed by atoms with van der Waals surface area (Å²) in [6.07, 6.45) is 0. The van der Waals surface area contributed by atoms with Crippen molar-refractivity contribution in [3.05, 3.63) is 59.2 Å². The molecule has 0 unspecified atom stereocenters. The molecule has 0 aliphatic rings. The van der Waals surface area contributed by atoms with Crippen LogP contribution in [0, 0.1) is 13.8 Å². The molecule has 0 heterocycles. The zero-order chi connectivity index (χ0) is 19.1. The van der Waals surface area contributed by atoms with Gasteiger partial charge in [-0.25, -0.2) is 0 Å². The summed E-state index contributed by atoms with van der Waals surface area (Å²) >= 11 is 1.38. The first-order valence-electron chi connectivity index (χ1n) is 7.90. The van der Waals surface area contributed by atoms with Crippen molar-refractivity contribution in [3.8, 4) is 0 Å². The van der Waals surface area contributed by atoms with Crippen LogP contribution < -0.4 is 11.1 Å². The van der Waals surface area contributed by atoms with Crippen LogP contribution >= 0.6 is 11.8 Å². The minimum absolute atomic E-state index is 0.130. The highest BCUT2D eigenvalue weighted by atomic mass is 32.2. The molecule has 0 radical (unpaired) electrons. The predicted molar refractivity (Wildman–Crippen MR) is 101 cm³/mol. The van der Waals surface area contributed by atoms with Gasteiger partial charge >= 0.3 is 5.97 Å². The number of anilines is 1. The molecule has 0 bridgehead atoms. The van der Waals surface area contributed by atoms with Crippen molar-refractivity contribution in [2.75, 3.05) is 17.7 Å². The van der Waals surface area contributed by atoms with Crippen LogP contribution in [0.4, 0.5) is 5.69 Å². The third-order valence-electron chi connectivity index (χ3n) is 3.51. The smallest absolute Gasteiger partial charge is 0.316 e. The summed E-state index contributed by atoms with van der Waals surface area (Å²) in [5, 5.41) is 2.58. The third kappa shape index (κ3) is 5.93. The second-order valence-electron chi connectivity index (χ2n) is 5.71. The van der Waals surface area contributed by atoms with Gasteiger partial charge in [0, 0.05) is 16.1 Å². The number of carbonyl (C=O) groups excluding carboxylic acids is 3. The first-order valence-corrected chi connectivity index (χ1v) is 8.89. The highest BCUT2D eigenvalue weighted by molar-refractivity contribution is 8.00. The van der Waals surface area contributed by atoms with Gasteiger partial charge in [0.2, 0.25) is 5.91 Å². The van der Waals surface area contributed by atoms with E-state index in [9.17, 15) is 14.4 Å². The van der Waals surface area contributed by atoms with Crippen molar-refractivity contribution < 1.29 is 19.1 Å². The monoisotopic (exact) mass is 372 g/mol. The lowest BCUT2D eigenvalue weighted by Gasteiger charge is -2.08. The average molecular weight is 372 g/mol. The van der Waals surface area contributed by atoms with Gasteiger partial charge in [-0.15, -0.1) is 11.8 Å². The number of thioether (sulfide) groups is 1. The maximum absolute atomic E-state index is 11.8. The van der Waals surface area contributed by atoms with Gasteiger partial charge in [0.25, 0.3) is 5.91 Å². The maximum Gasteiger partial charge on any atom is 0.316 e. The molecule has 2 aromatic carbocycles. The van der Waals surface area contributed by atoms with E-state index in [-0.39, 0.29) is 12.4 Å². The Morgan fingerprint density at radius 1 is 1.08 bits per heavy atom. The number of amides is 2. The van der Waals surface area contributed by atoms with Crippen molar-refractivity contribution in [1.29, 1.82) is 0 Å². The molecule has 6 nitrogen and oxygen atoms in total. The number of hydrogen-bond acceptors (Lipinski definition) is 5. The van der Waals surface area contributed by atoms with Gasteiger partial charge in [0.1, 0.15) is 0 Å². The number of nitrogens with two attached hydrogens (primary N) is 1. The summed E-state index contributed by atoms with van der Waals surface area (Å²) in [5.41, 5.74) is 8.19. The molecule has 2 aromatic rings. The molecule has 136 valence electrons. The molecule has 2 amide bonds. The number of benzene rings is 2. The van der Waals surface area contributed by atoms with E-state index < -0.39 is 17.8 Å². The predicted octanol–water partition coefficient (Wildman–Crippen LogP) is 2.68. The SMILES string of the molecule is Cc1ccc(C)c(SCC(=O)OCC(=O)Nc2ccc(C(N)=O)cc2)c1. The Bertz CT molecular complexity index is 819. The molecule has 3 N–H and O–H groups in total. The number of ether oxygens (including phenoxy) is 1. The van der Waals surface area contributed by atoms with Crippen molar-refractivity contribution in [3.63, 3.8) is 0 Å². The third-order valence-corrected chi connectivity index (χ3v) is 4.64. The van der Waals surface area contributed by atoms with Crippen LogP contribution in [-0.2, 0) is 14.3 Å². The van der Waals surface area contributed by atoms with Crippen LogP contribution in [0.1, 0.15) is 21.5 Å². The number of primary amides is 1. The van der Waals surface area contributed by atoms with Crippen molar-refractivity contribution in [2.24, 2.45) is 5.73 Å². The molecule has 2 rings (SSSR count). The van der Waals surface area contributed by atoms with Crippen LogP contribution in [0.2, 0.25) is 0 Å². The Hall–Kier alpha value is -2.80. The zero-order valence-electron chi connectivity index (χ0n) is 14.6. The highest BCUT2D eigenvalue weighted by Crippen LogP contribution is 2.23. The minimum Gasteiger partial charge on any atom is -0.455 e. The summed E-state index contributed by atoms with van der Waals surface area (Å²) in [5.74, 6) is -1.33. The molecule has 0 aromatic heterocycles. The molecule has 0 fully saturated rings. The molecular weight excluding hydrogens is 352 g/mol. The van der Waals surface area contributed by atoms with E-state index in [0.717, 1.165) is 16.0 Å².